The SMILES string of the molecule is C=CCC(=O)N1[C@@H](C=C(C)C(=O)O)CCC[C@H]1c1cc(F)c(F)c(F)c1. The lowest BCUT2D eigenvalue weighted by atomic mass is 9.89. The van der Waals surface area contributed by atoms with Gasteiger partial charge in [0.1, 0.15) is 0 Å². The lowest BCUT2D eigenvalue weighted by Gasteiger charge is -2.41. The van der Waals surface area contributed by atoms with Crippen LogP contribution in [0.25, 0.3) is 0 Å². The summed E-state index contributed by atoms with van der Waals surface area (Å²) in [6.07, 6.45) is 4.45. The summed E-state index contributed by atoms with van der Waals surface area (Å²) in [4.78, 5) is 25.1. The second kappa shape index (κ2) is 8.21. The zero-order valence-corrected chi connectivity index (χ0v) is 14.3. The quantitative estimate of drug-likeness (QED) is 0.484. The average Bonchev–Trinajstić information content (AvgIpc) is 2.59. The van der Waals surface area contributed by atoms with Crippen molar-refractivity contribution in [2.45, 2.75) is 44.7 Å². The number of nitrogens with zero attached hydrogens (tertiary/aromatic N) is 1. The molecule has 0 radical (unpaired) electrons. The van der Waals surface area contributed by atoms with Crippen molar-refractivity contribution in [1.29, 1.82) is 0 Å². The van der Waals surface area contributed by atoms with Crippen molar-refractivity contribution in [3.63, 3.8) is 0 Å². The van der Waals surface area contributed by atoms with Crippen molar-refractivity contribution < 1.29 is 27.9 Å². The number of halogens is 3. The fraction of sp³-hybridized carbons (Fsp3) is 0.368. The maximum Gasteiger partial charge on any atom is 0.331 e. The molecule has 0 aliphatic carbocycles. The molecule has 2 atom stereocenters. The predicted molar refractivity (Wildman–Crippen MR) is 89.7 cm³/mol. The van der Waals surface area contributed by atoms with E-state index in [4.69, 9.17) is 5.11 Å². The molecule has 0 aromatic heterocycles. The van der Waals surface area contributed by atoms with Crippen LogP contribution < -0.4 is 0 Å². The average molecular weight is 367 g/mol. The number of piperidine rings is 1. The molecule has 4 nitrogen and oxygen atoms in total. The first kappa shape index (κ1) is 19.8. The Hall–Kier alpha value is -2.57. The molecule has 1 aromatic carbocycles. The van der Waals surface area contributed by atoms with E-state index in [1.54, 1.807) is 0 Å². The summed E-state index contributed by atoms with van der Waals surface area (Å²) in [5.41, 5.74) is 0.216. The molecule has 0 bridgehead atoms. The van der Waals surface area contributed by atoms with E-state index in [1.807, 2.05) is 0 Å². The molecular formula is C19H20F3NO3. The summed E-state index contributed by atoms with van der Waals surface area (Å²) in [5.74, 6) is -5.66. The molecule has 140 valence electrons. The second-order valence-electron chi connectivity index (χ2n) is 6.26. The molecule has 1 aliphatic heterocycles. The fourth-order valence-electron chi connectivity index (χ4n) is 3.24. The Balaban J connectivity index is 2.48. The highest BCUT2D eigenvalue weighted by atomic mass is 19.2. The summed E-state index contributed by atoms with van der Waals surface area (Å²) in [5, 5.41) is 9.10. The van der Waals surface area contributed by atoms with Gasteiger partial charge < -0.3 is 10.0 Å². The summed E-state index contributed by atoms with van der Waals surface area (Å²) in [7, 11) is 0. The van der Waals surface area contributed by atoms with Crippen molar-refractivity contribution in [3.8, 4) is 0 Å². The van der Waals surface area contributed by atoms with Crippen LogP contribution in [0.15, 0.2) is 36.4 Å². The second-order valence-corrected chi connectivity index (χ2v) is 6.26. The molecule has 0 unspecified atom stereocenters. The van der Waals surface area contributed by atoms with Gasteiger partial charge >= 0.3 is 5.97 Å². The molecule has 2 rings (SSSR count). The van der Waals surface area contributed by atoms with E-state index in [2.05, 4.69) is 6.58 Å². The van der Waals surface area contributed by atoms with Gasteiger partial charge in [0.15, 0.2) is 17.5 Å². The fourth-order valence-corrected chi connectivity index (χ4v) is 3.24. The number of amides is 1. The minimum Gasteiger partial charge on any atom is -0.478 e. The number of benzene rings is 1. The van der Waals surface area contributed by atoms with Gasteiger partial charge in [0, 0.05) is 12.0 Å². The number of carbonyl (C=O) groups excluding carboxylic acids is 1. The van der Waals surface area contributed by atoms with E-state index in [0.717, 1.165) is 12.1 Å². The van der Waals surface area contributed by atoms with Crippen LogP contribution >= 0.6 is 0 Å². The van der Waals surface area contributed by atoms with Crippen LogP contribution in [-0.4, -0.2) is 27.9 Å². The van der Waals surface area contributed by atoms with Gasteiger partial charge in [-0.2, -0.15) is 0 Å². The van der Waals surface area contributed by atoms with E-state index in [9.17, 15) is 22.8 Å². The third kappa shape index (κ3) is 4.15. The molecule has 1 saturated heterocycles. The van der Waals surface area contributed by atoms with Gasteiger partial charge in [-0.1, -0.05) is 12.2 Å². The Kier molecular flexibility index (Phi) is 6.23. The number of carboxylic acids is 1. The summed E-state index contributed by atoms with van der Waals surface area (Å²) < 4.78 is 40.6. The van der Waals surface area contributed by atoms with E-state index < -0.39 is 35.5 Å². The van der Waals surface area contributed by atoms with E-state index in [1.165, 1.54) is 24.0 Å². The Morgan fingerprint density at radius 1 is 1.27 bits per heavy atom. The maximum absolute atomic E-state index is 13.7. The van der Waals surface area contributed by atoms with Gasteiger partial charge in [-0.05, 0) is 43.9 Å². The number of likely N-dealkylation sites (tertiary alicyclic amines) is 1. The van der Waals surface area contributed by atoms with E-state index in [0.29, 0.717) is 19.3 Å². The summed E-state index contributed by atoms with van der Waals surface area (Å²) in [6.45, 7) is 4.94. The normalized spacial score (nSPS) is 20.8. The standard InChI is InChI=1S/C19H20F3NO3/c1-3-5-17(24)23-13(8-11(2)19(25)26)6-4-7-16(23)12-9-14(20)18(22)15(21)10-12/h3,8-10,13,16H,1,4-7H2,2H3,(H,25,26)/t13-,16+/m1/s1. The third-order valence-electron chi connectivity index (χ3n) is 4.45. The lowest BCUT2D eigenvalue weighted by molar-refractivity contribution is -0.137. The number of aliphatic carboxylic acids is 1. The zero-order valence-electron chi connectivity index (χ0n) is 14.3. The molecule has 0 spiro atoms. The molecule has 1 N–H and O–H groups in total. The maximum atomic E-state index is 13.7. The monoisotopic (exact) mass is 367 g/mol. The lowest BCUT2D eigenvalue weighted by Crippen LogP contribution is -2.45. The molecule has 0 saturated carbocycles. The van der Waals surface area contributed by atoms with Gasteiger partial charge in [-0.15, -0.1) is 6.58 Å². The van der Waals surface area contributed by atoms with Crippen molar-refractivity contribution >= 4 is 11.9 Å². The van der Waals surface area contributed by atoms with Crippen LogP contribution in [0.4, 0.5) is 13.2 Å². The van der Waals surface area contributed by atoms with Crippen LogP contribution in [0.2, 0.25) is 0 Å². The third-order valence-corrected chi connectivity index (χ3v) is 4.45. The molecule has 1 fully saturated rings. The number of carboxylic acid groups (broad SMARTS) is 1. The summed E-state index contributed by atoms with van der Waals surface area (Å²) >= 11 is 0. The van der Waals surface area contributed by atoms with Crippen LogP contribution in [0.5, 0.6) is 0 Å². The molecule has 1 aromatic rings. The van der Waals surface area contributed by atoms with Gasteiger partial charge in [-0.25, -0.2) is 18.0 Å². The Morgan fingerprint density at radius 2 is 1.88 bits per heavy atom. The Morgan fingerprint density at radius 3 is 2.42 bits per heavy atom. The first-order valence-electron chi connectivity index (χ1n) is 8.24. The highest BCUT2D eigenvalue weighted by Gasteiger charge is 2.34. The van der Waals surface area contributed by atoms with Crippen LogP contribution in [-0.2, 0) is 9.59 Å². The number of hydrogen-bond donors (Lipinski definition) is 1. The highest BCUT2D eigenvalue weighted by molar-refractivity contribution is 5.86. The molecule has 7 heteroatoms. The smallest absolute Gasteiger partial charge is 0.331 e. The summed E-state index contributed by atoms with van der Waals surface area (Å²) in [6, 6.07) is 0.554. The minimum atomic E-state index is -1.56. The number of hydrogen-bond acceptors (Lipinski definition) is 2. The number of rotatable bonds is 5. The van der Waals surface area contributed by atoms with Crippen LogP contribution in [0.1, 0.15) is 44.2 Å². The zero-order chi connectivity index (χ0) is 19.4. The molecular weight excluding hydrogens is 347 g/mol. The van der Waals surface area contributed by atoms with Crippen molar-refractivity contribution in [1.82, 2.24) is 4.90 Å². The first-order valence-corrected chi connectivity index (χ1v) is 8.24. The predicted octanol–water partition coefficient (Wildman–Crippen LogP) is 4.13. The molecule has 1 amide bonds. The Bertz CT molecular complexity index is 737. The molecule has 1 aliphatic rings. The van der Waals surface area contributed by atoms with Crippen molar-refractivity contribution in [3.05, 3.63) is 59.5 Å². The van der Waals surface area contributed by atoms with Crippen LogP contribution in [0, 0.1) is 17.5 Å². The van der Waals surface area contributed by atoms with Crippen LogP contribution in [0.3, 0.4) is 0 Å². The van der Waals surface area contributed by atoms with E-state index >= 15 is 0 Å². The molecule has 26 heavy (non-hydrogen) atoms. The van der Waals surface area contributed by atoms with Crippen molar-refractivity contribution in [2.75, 3.05) is 0 Å². The Labute approximate surface area is 149 Å². The molecule has 1 heterocycles. The highest BCUT2D eigenvalue weighted by Crippen LogP contribution is 2.37. The first-order chi connectivity index (χ1) is 12.3. The van der Waals surface area contributed by atoms with Gasteiger partial charge in [0.2, 0.25) is 5.91 Å². The minimum absolute atomic E-state index is 0.000875. The van der Waals surface area contributed by atoms with Gasteiger partial charge in [-0.3, -0.25) is 4.79 Å². The van der Waals surface area contributed by atoms with Gasteiger partial charge in [0.05, 0.1) is 12.1 Å². The topological polar surface area (TPSA) is 57.6 Å². The van der Waals surface area contributed by atoms with E-state index in [-0.39, 0.29) is 23.5 Å². The van der Waals surface area contributed by atoms with Crippen molar-refractivity contribution in [2.24, 2.45) is 0 Å². The largest absolute Gasteiger partial charge is 0.478 e. The number of carbonyl (C=O) groups is 2. The van der Waals surface area contributed by atoms with Gasteiger partial charge in [0.25, 0.3) is 0 Å².